The summed E-state index contributed by atoms with van der Waals surface area (Å²) in [5.74, 6) is 0. The largest absolute Gasteiger partial charge is 0.278 e. The summed E-state index contributed by atoms with van der Waals surface area (Å²) in [5, 5.41) is 1.14. The lowest BCUT2D eigenvalue weighted by Crippen LogP contribution is -1.85. The number of hydrogen-bond donors (Lipinski definition) is 0. The molecule has 0 bridgehead atoms. The molecule has 0 fully saturated rings. The van der Waals surface area contributed by atoms with Gasteiger partial charge in [-0.3, -0.25) is 4.99 Å². The van der Waals surface area contributed by atoms with Crippen LogP contribution in [0.2, 0.25) is 0 Å². The standard InChI is InChI=1S/C10H13NS/c1-9(12-2)11-8-10-6-4-3-5-7-10/h3-7H,8H2,1-2H3. The van der Waals surface area contributed by atoms with Gasteiger partial charge in [0.05, 0.1) is 11.6 Å². The molecular formula is C10H13NS. The molecule has 1 aromatic rings. The van der Waals surface area contributed by atoms with Crippen LogP contribution >= 0.6 is 11.8 Å². The molecule has 0 aliphatic heterocycles. The fraction of sp³-hybridized carbons (Fsp3) is 0.300. The zero-order chi connectivity index (χ0) is 8.81. The lowest BCUT2D eigenvalue weighted by atomic mass is 10.2. The first-order valence-corrected chi connectivity index (χ1v) is 5.14. The third-order valence-electron chi connectivity index (χ3n) is 1.62. The van der Waals surface area contributed by atoms with Crippen molar-refractivity contribution >= 4 is 16.8 Å². The van der Waals surface area contributed by atoms with Crippen LogP contribution in [0.4, 0.5) is 0 Å². The zero-order valence-corrected chi connectivity index (χ0v) is 8.27. The Bertz CT molecular complexity index is 254. The molecule has 0 aliphatic rings. The van der Waals surface area contributed by atoms with Gasteiger partial charge in [0.15, 0.2) is 0 Å². The van der Waals surface area contributed by atoms with Crippen molar-refractivity contribution < 1.29 is 0 Å². The van der Waals surface area contributed by atoms with Crippen molar-refractivity contribution in [1.82, 2.24) is 0 Å². The molecule has 1 nitrogen and oxygen atoms in total. The maximum absolute atomic E-state index is 4.39. The van der Waals surface area contributed by atoms with Crippen LogP contribution in [-0.2, 0) is 6.54 Å². The molecule has 0 unspecified atom stereocenters. The smallest absolute Gasteiger partial charge is 0.0649 e. The van der Waals surface area contributed by atoms with E-state index in [0.29, 0.717) is 0 Å². The van der Waals surface area contributed by atoms with Gasteiger partial charge < -0.3 is 0 Å². The molecule has 0 atom stereocenters. The van der Waals surface area contributed by atoms with E-state index in [1.807, 2.05) is 31.4 Å². The first-order chi connectivity index (χ1) is 5.83. The predicted octanol–water partition coefficient (Wildman–Crippen LogP) is 2.97. The Hall–Kier alpha value is -0.760. The normalized spacial score (nSPS) is 11.7. The molecule has 1 rings (SSSR count). The number of benzene rings is 1. The summed E-state index contributed by atoms with van der Waals surface area (Å²) in [5.41, 5.74) is 1.27. The summed E-state index contributed by atoms with van der Waals surface area (Å²) in [7, 11) is 0. The van der Waals surface area contributed by atoms with E-state index >= 15 is 0 Å². The van der Waals surface area contributed by atoms with Gasteiger partial charge in [-0.25, -0.2) is 0 Å². The number of thioether (sulfide) groups is 1. The molecule has 2 heteroatoms. The minimum atomic E-state index is 0.799. The molecule has 0 saturated heterocycles. The van der Waals surface area contributed by atoms with Crippen molar-refractivity contribution in [2.24, 2.45) is 4.99 Å². The minimum Gasteiger partial charge on any atom is -0.278 e. The van der Waals surface area contributed by atoms with Gasteiger partial charge in [-0.1, -0.05) is 30.3 Å². The molecule has 12 heavy (non-hydrogen) atoms. The third-order valence-corrected chi connectivity index (χ3v) is 2.34. The van der Waals surface area contributed by atoms with Crippen molar-refractivity contribution in [3.63, 3.8) is 0 Å². The summed E-state index contributed by atoms with van der Waals surface area (Å²) in [6.07, 6.45) is 2.05. The van der Waals surface area contributed by atoms with E-state index in [0.717, 1.165) is 11.6 Å². The third kappa shape index (κ3) is 3.09. The van der Waals surface area contributed by atoms with E-state index in [4.69, 9.17) is 0 Å². The predicted molar refractivity (Wildman–Crippen MR) is 56.8 cm³/mol. The van der Waals surface area contributed by atoms with Crippen LogP contribution < -0.4 is 0 Å². The molecule has 0 aliphatic carbocycles. The fourth-order valence-corrected chi connectivity index (χ4v) is 1.04. The number of nitrogens with zero attached hydrogens (tertiary/aromatic N) is 1. The van der Waals surface area contributed by atoms with E-state index < -0.39 is 0 Å². The lowest BCUT2D eigenvalue weighted by molar-refractivity contribution is 1.07. The van der Waals surface area contributed by atoms with Crippen LogP contribution in [0.5, 0.6) is 0 Å². The maximum Gasteiger partial charge on any atom is 0.0649 e. The van der Waals surface area contributed by atoms with E-state index in [1.54, 1.807) is 11.8 Å². The SMILES string of the molecule is CSC(C)=NCc1ccccc1. The number of aliphatic imine (C=N–C) groups is 1. The Morgan fingerprint density at radius 3 is 2.58 bits per heavy atom. The van der Waals surface area contributed by atoms with Gasteiger partial charge in [-0.15, -0.1) is 11.8 Å². The van der Waals surface area contributed by atoms with Crippen molar-refractivity contribution in [2.75, 3.05) is 6.26 Å². The fourth-order valence-electron chi connectivity index (χ4n) is 0.851. The van der Waals surface area contributed by atoms with Gasteiger partial charge in [0.2, 0.25) is 0 Å². The van der Waals surface area contributed by atoms with E-state index in [1.165, 1.54) is 5.56 Å². The molecular weight excluding hydrogens is 166 g/mol. The van der Waals surface area contributed by atoms with Gasteiger partial charge in [-0.05, 0) is 18.7 Å². The highest BCUT2D eigenvalue weighted by Gasteiger charge is 1.88. The molecule has 64 valence electrons. The summed E-state index contributed by atoms with van der Waals surface area (Å²) in [4.78, 5) is 4.39. The van der Waals surface area contributed by atoms with Crippen LogP contribution in [0.25, 0.3) is 0 Å². The molecule has 0 heterocycles. The van der Waals surface area contributed by atoms with Crippen LogP contribution in [0.1, 0.15) is 12.5 Å². The topological polar surface area (TPSA) is 12.4 Å². The molecule has 0 saturated carbocycles. The average Bonchev–Trinajstić information content (AvgIpc) is 2.16. The van der Waals surface area contributed by atoms with Crippen LogP contribution in [0, 0.1) is 0 Å². The first kappa shape index (κ1) is 9.33. The summed E-state index contributed by atoms with van der Waals surface area (Å²) in [6.45, 7) is 2.83. The van der Waals surface area contributed by atoms with Gasteiger partial charge in [0.25, 0.3) is 0 Å². The second kappa shape index (κ2) is 4.99. The highest BCUT2D eigenvalue weighted by atomic mass is 32.2. The molecule has 0 amide bonds. The Balaban J connectivity index is 2.54. The Morgan fingerprint density at radius 1 is 1.33 bits per heavy atom. The van der Waals surface area contributed by atoms with Crippen molar-refractivity contribution in [1.29, 1.82) is 0 Å². The van der Waals surface area contributed by atoms with Crippen LogP contribution in [-0.4, -0.2) is 11.3 Å². The average molecular weight is 179 g/mol. The molecule has 1 aromatic carbocycles. The number of hydrogen-bond acceptors (Lipinski definition) is 2. The molecule has 0 aromatic heterocycles. The van der Waals surface area contributed by atoms with E-state index in [-0.39, 0.29) is 0 Å². The number of rotatable bonds is 2. The first-order valence-electron chi connectivity index (χ1n) is 3.92. The van der Waals surface area contributed by atoms with Gasteiger partial charge in [0, 0.05) is 0 Å². The summed E-state index contributed by atoms with van der Waals surface area (Å²) >= 11 is 1.69. The summed E-state index contributed by atoms with van der Waals surface area (Å²) < 4.78 is 0. The Morgan fingerprint density at radius 2 is 2.00 bits per heavy atom. The quantitative estimate of drug-likeness (QED) is 0.502. The van der Waals surface area contributed by atoms with Crippen molar-refractivity contribution in [2.45, 2.75) is 13.5 Å². The molecule has 0 radical (unpaired) electrons. The van der Waals surface area contributed by atoms with Crippen LogP contribution in [0.3, 0.4) is 0 Å². The van der Waals surface area contributed by atoms with Crippen molar-refractivity contribution in [3.8, 4) is 0 Å². The second-order valence-corrected chi connectivity index (χ2v) is 3.52. The van der Waals surface area contributed by atoms with Gasteiger partial charge in [-0.2, -0.15) is 0 Å². The highest BCUT2D eigenvalue weighted by molar-refractivity contribution is 8.13. The molecule has 0 N–H and O–H groups in total. The zero-order valence-electron chi connectivity index (χ0n) is 7.45. The van der Waals surface area contributed by atoms with E-state index in [2.05, 4.69) is 17.1 Å². The van der Waals surface area contributed by atoms with Crippen LogP contribution in [0.15, 0.2) is 35.3 Å². The lowest BCUT2D eigenvalue weighted by Gasteiger charge is -1.96. The second-order valence-electron chi connectivity index (χ2n) is 2.52. The molecule has 0 spiro atoms. The van der Waals surface area contributed by atoms with E-state index in [9.17, 15) is 0 Å². The maximum atomic E-state index is 4.39. The Kier molecular flexibility index (Phi) is 3.88. The minimum absolute atomic E-state index is 0.799. The van der Waals surface area contributed by atoms with Crippen molar-refractivity contribution in [3.05, 3.63) is 35.9 Å². The Labute approximate surface area is 77.9 Å². The van der Waals surface area contributed by atoms with Gasteiger partial charge in [0.1, 0.15) is 0 Å². The monoisotopic (exact) mass is 179 g/mol. The highest BCUT2D eigenvalue weighted by Crippen LogP contribution is 2.03. The van der Waals surface area contributed by atoms with Gasteiger partial charge >= 0.3 is 0 Å². The summed E-state index contributed by atoms with van der Waals surface area (Å²) in [6, 6.07) is 10.3.